The summed E-state index contributed by atoms with van der Waals surface area (Å²) in [6.07, 6.45) is -0.946. The van der Waals surface area contributed by atoms with Crippen LogP contribution in [0, 0.1) is 0 Å². The highest BCUT2D eigenvalue weighted by Crippen LogP contribution is 2.06. The molecule has 14 heavy (non-hydrogen) atoms. The third-order valence-corrected chi connectivity index (χ3v) is 1.45. The first-order valence-corrected chi connectivity index (χ1v) is 4.11. The molecule has 6 nitrogen and oxygen atoms in total. The van der Waals surface area contributed by atoms with Gasteiger partial charge in [-0.3, -0.25) is 4.79 Å². The second kappa shape index (κ2) is 5.04. The van der Waals surface area contributed by atoms with E-state index >= 15 is 0 Å². The Labute approximate surface area is 81.4 Å². The summed E-state index contributed by atoms with van der Waals surface area (Å²) >= 11 is 0. The SMILES string of the molecule is CCOC(C)C(=O)OC(O)(O)C(C)=O. The molecule has 2 N–H and O–H groups in total. The Morgan fingerprint density at radius 1 is 1.43 bits per heavy atom. The normalized spacial score (nSPS) is 13.5. The first-order valence-electron chi connectivity index (χ1n) is 4.11. The highest BCUT2D eigenvalue weighted by atomic mass is 16.8. The van der Waals surface area contributed by atoms with E-state index in [1.165, 1.54) is 6.92 Å². The number of hydrogen-bond donors (Lipinski definition) is 2. The first-order chi connectivity index (χ1) is 6.31. The summed E-state index contributed by atoms with van der Waals surface area (Å²) in [6.45, 7) is 4.21. The summed E-state index contributed by atoms with van der Waals surface area (Å²) in [6, 6.07) is 0. The third kappa shape index (κ3) is 3.82. The van der Waals surface area contributed by atoms with Crippen molar-refractivity contribution in [3.8, 4) is 0 Å². The largest absolute Gasteiger partial charge is 0.400 e. The Hall–Kier alpha value is -0.980. The molecule has 0 aromatic heterocycles. The predicted octanol–water partition coefficient (Wildman–Crippen LogP) is -0.818. The predicted molar refractivity (Wildman–Crippen MR) is 45.0 cm³/mol. The van der Waals surface area contributed by atoms with Crippen molar-refractivity contribution in [3.63, 3.8) is 0 Å². The number of esters is 1. The minimum atomic E-state index is -3.07. The van der Waals surface area contributed by atoms with E-state index in [-0.39, 0.29) is 6.61 Å². The summed E-state index contributed by atoms with van der Waals surface area (Å²) < 4.78 is 8.93. The Kier molecular flexibility index (Phi) is 4.69. The molecule has 0 aliphatic carbocycles. The van der Waals surface area contributed by atoms with Crippen LogP contribution < -0.4 is 0 Å². The van der Waals surface area contributed by atoms with E-state index in [2.05, 4.69) is 4.74 Å². The molecule has 0 radical (unpaired) electrons. The van der Waals surface area contributed by atoms with Crippen LogP contribution in [-0.4, -0.2) is 40.6 Å². The van der Waals surface area contributed by atoms with E-state index in [9.17, 15) is 9.59 Å². The summed E-state index contributed by atoms with van der Waals surface area (Å²) in [4.78, 5) is 21.6. The van der Waals surface area contributed by atoms with Gasteiger partial charge in [-0.15, -0.1) is 0 Å². The smallest absolute Gasteiger partial charge is 0.388 e. The number of hydrogen-bond acceptors (Lipinski definition) is 6. The van der Waals surface area contributed by atoms with E-state index in [0.717, 1.165) is 6.92 Å². The van der Waals surface area contributed by atoms with Gasteiger partial charge in [-0.1, -0.05) is 0 Å². The van der Waals surface area contributed by atoms with Gasteiger partial charge in [0.2, 0.25) is 5.78 Å². The van der Waals surface area contributed by atoms with Gasteiger partial charge in [0.1, 0.15) is 0 Å². The van der Waals surface area contributed by atoms with Gasteiger partial charge in [-0.25, -0.2) is 4.79 Å². The van der Waals surface area contributed by atoms with Crippen molar-refractivity contribution < 1.29 is 29.3 Å². The van der Waals surface area contributed by atoms with E-state index in [0.29, 0.717) is 0 Å². The number of carbonyl (C=O) groups excluding carboxylic acids is 2. The number of ketones is 1. The molecule has 1 atom stereocenters. The monoisotopic (exact) mass is 206 g/mol. The molecular weight excluding hydrogens is 192 g/mol. The molecule has 0 fully saturated rings. The first kappa shape index (κ1) is 13.0. The van der Waals surface area contributed by atoms with E-state index in [4.69, 9.17) is 14.9 Å². The molecule has 82 valence electrons. The Balaban J connectivity index is 4.24. The maximum absolute atomic E-state index is 11.0. The number of aliphatic hydroxyl groups is 2. The molecule has 0 aliphatic rings. The molecule has 0 aromatic rings. The topological polar surface area (TPSA) is 93.1 Å². The summed E-state index contributed by atoms with van der Waals surface area (Å²) in [5.41, 5.74) is 0. The van der Waals surface area contributed by atoms with Crippen molar-refractivity contribution in [1.29, 1.82) is 0 Å². The summed E-state index contributed by atoms with van der Waals surface area (Å²) in [7, 11) is 0. The lowest BCUT2D eigenvalue weighted by molar-refractivity contribution is -0.299. The van der Waals surface area contributed by atoms with Crippen molar-refractivity contribution in [2.75, 3.05) is 6.61 Å². The Morgan fingerprint density at radius 2 is 1.93 bits per heavy atom. The summed E-state index contributed by atoms with van der Waals surface area (Å²) in [5, 5.41) is 17.8. The fourth-order valence-electron chi connectivity index (χ4n) is 0.613. The van der Waals surface area contributed by atoms with Crippen molar-refractivity contribution >= 4 is 11.8 Å². The van der Waals surface area contributed by atoms with Crippen LogP contribution in [0.4, 0.5) is 0 Å². The van der Waals surface area contributed by atoms with Crippen molar-refractivity contribution in [2.24, 2.45) is 0 Å². The molecule has 0 rings (SSSR count). The minimum Gasteiger partial charge on any atom is -0.400 e. The molecular formula is C8H14O6. The van der Waals surface area contributed by atoms with Crippen LogP contribution in [0.25, 0.3) is 0 Å². The standard InChI is InChI=1S/C8H14O6/c1-4-13-5(2)7(10)14-8(11,12)6(3)9/h5,11-12H,4H2,1-3H3. The second-order valence-corrected chi connectivity index (χ2v) is 2.68. The van der Waals surface area contributed by atoms with Gasteiger partial charge in [-0.05, 0) is 13.8 Å². The van der Waals surface area contributed by atoms with E-state index < -0.39 is 23.8 Å². The lowest BCUT2D eigenvalue weighted by Gasteiger charge is -2.20. The highest BCUT2D eigenvalue weighted by Gasteiger charge is 2.36. The molecule has 0 saturated carbocycles. The van der Waals surface area contributed by atoms with Gasteiger partial charge in [0.05, 0.1) is 0 Å². The van der Waals surface area contributed by atoms with Gasteiger partial charge < -0.3 is 19.7 Å². The molecule has 0 bridgehead atoms. The lowest BCUT2D eigenvalue weighted by atomic mass is 10.3. The number of rotatable bonds is 5. The number of carbonyl (C=O) groups is 2. The lowest BCUT2D eigenvalue weighted by Crippen LogP contribution is -2.44. The minimum absolute atomic E-state index is 0.278. The average Bonchev–Trinajstić information content (AvgIpc) is 2.03. The molecule has 0 saturated heterocycles. The van der Waals surface area contributed by atoms with Crippen LogP contribution in [0.2, 0.25) is 0 Å². The van der Waals surface area contributed by atoms with Crippen LogP contribution >= 0.6 is 0 Å². The molecule has 0 amide bonds. The average molecular weight is 206 g/mol. The fraction of sp³-hybridized carbons (Fsp3) is 0.750. The van der Waals surface area contributed by atoms with Gasteiger partial charge in [0, 0.05) is 13.5 Å². The number of ether oxygens (including phenoxy) is 2. The highest BCUT2D eigenvalue weighted by molar-refractivity contribution is 5.85. The van der Waals surface area contributed by atoms with Crippen LogP contribution in [0.1, 0.15) is 20.8 Å². The van der Waals surface area contributed by atoms with E-state index in [1.807, 2.05) is 0 Å². The zero-order chi connectivity index (χ0) is 11.4. The van der Waals surface area contributed by atoms with Crippen LogP contribution in [-0.2, 0) is 19.1 Å². The van der Waals surface area contributed by atoms with Gasteiger partial charge in [-0.2, -0.15) is 0 Å². The van der Waals surface area contributed by atoms with Gasteiger partial charge >= 0.3 is 11.9 Å². The zero-order valence-corrected chi connectivity index (χ0v) is 8.31. The van der Waals surface area contributed by atoms with Gasteiger partial charge in [0.25, 0.3) is 0 Å². The molecule has 0 spiro atoms. The second-order valence-electron chi connectivity index (χ2n) is 2.68. The van der Waals surface area contributed by atoms with Crippen LogP contribution in [0.15, 0.2) is 0 Å². The Morgan fingerprint density at radius 3 is 2.29 bits per heavy atom. The number of Topliss-reactive ketones (excluding diaryl/α,β-unsaturated/α-hetero) is 1. The summed E-state index contributed by atoms with van der Waals surface area (Å²) in [5.74, 6) is -5.15. The molecule has 1 unspecified atom stereocenters. The van der Waals surface area contributed by atoms with Crippen LogP contribution in [0.3, 0.4) is 0 Å². The van der Waals surface area contributed by atoms with E-state index in [1.54, 1.807) is 6.92 Å². The van der Waals surface area contributed by atoms with Crippen molar-refractivity contribution in [1.82, 2.24) is 0 Å². The zero-order valence-electron chi connectivity index (χ0n) is 8.31. The maximum atomic E-state index is 11.0. The van der Waals surface area contributed by atoms with Crippen LogP contribution in [0.5, 0.6) is 0 Å². The maximum Gasteiger partial charge on any atom is 0.388 e. The fourth-order valence-corrected chi connectivity index (χ4v) is 0.613. The molecule has 0 aliphatic heterocycles. The van der Waals surface area contributed by atoms with Crippen molar-refractivity contribution in [2.45, 2.75) is 32.8 Å². The molecule has 0 aromatic carbocycles. The molecule has 0 heterocycles. The van der Waals surface area contributed by atoms with Crippen molar-refractivity contribution in [3.05, 3.63) is 0 Å². The van der Waals surface area contributed by atoms with Gasteiger partial charge in [0.15, 0.2) is 6.10 Å². The quantitative estimate of drug-likeness (QED) is 0.451. The molecule has 6 heteroatoms. The third-order valence-electron chi connectivity index (χ3n) is 1.45. The Bertz CT molecular complexity index is 222.